The second-order valence-electron chi connectivity index (χ2n) is 3.89. The molecule has 0 heterocycles. The summed E-state index contributed by atoms with van der Waals surface area (Å²) in [6, 6.07) is 10.5. The van der Waals surface area contributed by atoms with Crippen LogP contribution in [0.4, 0.5) is 5.69 Å². The molecule has 0 aliphatic carbocycles. The fourth-order valence-electron chi connectivity index (χ4n) is 1.52. The fraction of sp³-hybridized carbons (Fsp3) is 0.0714. The highest BCUT2D eigenvalue weighted by Crippen LogP contribution is 2.27. The number of hydrazone groups is 1. The quantitative estimate of drug-likeness (QED) is 0.625. The van der Waals surface area contributed by atoms with Crippen molar-refractivity contribution in [3.8, 4) is 5.75 Å². The Balaban J connectivity index is 2.08. The van der Waals surface area contributed by atoms with Gasteiger partial charge in [0.1, 0.15) is 5.75 Å². The number of hydrogen-bond donors (Lipinski definition) is 1. The molecule has 0 bridgehead atoms. The summed E-state index contributed by atoms with van der Waals surface area (Å²) in [5.41, 5.74) is 4.38. The standard InChI is InChI=1S/C14H11Cl3N2O/c1-20-14-5-4-11(7-13(14)17)19-18-8-9-2-3-10(15)6-12(9)16/h2-8,19H,1H3/b18-8+. The molecule has 104 valence electrons. The summed E-state index contributed by atoms with van der Waals surface area (Å²) in [6.45, 7) is 0. The normalized spacial score (nSPS) is 10.8. The zero-order valence-corrected chi connectivity index (χ0v) is 12.8. The molecule has 1 N–H and O–H groups in total. The number of ether oxygens (including phenoxy) is 1. The van der Waals surface area contributed by atoms with Crippen molar-refractivity contribution >= 4 is 46.7 Å². The Hall–Kier alpha value is -1.42. The van der Waals surface area contributed by atoms with E-state index < -0.39 is 0 Å². The number of nitrogens with one attached hydrogen (secondary N) is 1. The molecule has 0 amide bonds. The van der Waals surface area contributed by atoms with Gasteiger partial charge in [0.15, 0.2) is 0 Å². The van der Waals surface area contributed by atoms with Crippen LogP contribution in [-0.2, 0) is 0 Å². The molecular formula is C14H11Cl3N2O. The highest BCUT2D eigenvalue weighted by Gasteiger charge is 2.01. The molecule has 0 aliphatic heterocycles. The maximum Gasteiger partial charge on any atom is 0.137 e. The molecule has 0 aliphatic rings. The predicted molar refractivity (Wildman–Crippen MR) is 85.7 cm³/mol. The van der Waals surface area contributed by atoms with Crippen LogP contribution in [0.5, 0.6) is 5.75 Å². The number of benzene rings is 2. The lowest BCUT2D eigenvalue weighted by Gasteiger charge is -2.05. The Kier molecular flexibility index (Phi) is 5.12. The molecule has 0 atom stereocenters. The van der Waals surface area contributed by atoms with Crippen molar-refractivity contribution in [1.29, 1.82) is 0 Å². The number of nitrogens with zero attached hydrogens (tertiary/aromatic N) is 1. The van der Waals surface area contributed by atoms with Gasteiger partial charge in [0.25, 0.3) is 0 Å². The minimum atomic E-state index is 0.511. The number of hydrogen-bond acceptors (Lipinski definition) is 3. The molecule has 2 rings (SSSR count). The highest BCUT2D eigenvalue weighted by molar-refractivity contribution is 6.36. The van der Waals surface area contributed by atoms with Crippen molar-refractivity contribution in [3.63, 3.8) is 0 Å². The average Bonchev–Trinajstić information content (AvgIpc) is 2.41. The Morgan fingerprint density at radius 1 is 1.05 bits per heavy atom. The van der Waals surface area contributed by atoms with E-state index in [2.05, 4.69) is 10.5 Å². The molecule has 3 nitrogen and oxygen atoms in total. The zero-order valence-electron chi connectivity index (χ0n) is 10.5. The topological polar surface area (TPSA) is 33.6 Å². The summed E-state index contributed by atoms with van der Waals surface area (Å²) < 4.78 is 5.07. The van der Waals surface area contributed by atoms with Crippen molar-refractivity contribution in [1.82, 2.24) is 0 Å². The first-order valence-electron chi connectivity index (χ1n) is 5.68. The first kappa shape index (κ1) is 15.0. The first-order chi connectivity index (χ1) is 9.60. The average molecular weight is 330 g/mol. The fourth-order valence-corrected chi connectivity index (χ4v) is 2.23. The Morgan fingerprint density at radius 3 is 2.50 bits per heavy atom. The van der Waals surface area contributed by atoms with Gasteiger partial charge in [0.05, 0.1) is 29.1 Å². The lowest BCUT2D eigenvalue weighted by molar-refractivity contribution is 0.415. The van der Waals surface area contributed by atoms with Gasteiger partial charge >= 0.3 is 0 Å². The first-order valence-corrected chi connectivity index (χ1v) is 6.81. The molecule has 0 aromatic heterocycles. The van der Waals surface area contributed by atoms with E-state index >= 15 is 0 Å². The number of anilines is 1. The molecule has 2 aromatic carbocycles. The predicted octanol–water partition coefficient (Wildman–Crippen LogP) is 5.10. The third kappa shape index (κ3) is 3.79. The van der Waals surface area contributed by atoms with Gasteiger partial charge in [-0.25, -0.2) is 0 Å². The van der Waals surface area contributed by atoms with E-state index in [4.69, 9.17) is 39.5 Å². The number of halogens is 3. The van der Waals surface area contributed by atoms with Crippen molar-refractivity contribution in [2.24, 2.45) is 5.10 Å². The smallest absolute Gasteiger partial charge is 0.137 e. The second-order valence-corrected chi connectivity index (χ2v) is 5.14. The molecule has 0 unspecified atom stereocenters. The zero-order chi connectivity index (χ0) is 14.5. The monoisotopic (exact) mass is 328 g/mol. The van der Waals surface area contributed by atoms with E-state index in [0.717, 1.165) is 11.3 Å². The third-order valence-electron chi connectivity index (χ3n) is 2.51. The summed E-state index contributed by atoms with van der Waals surface area (Å²) in [4.78, 5) is 0. The molecule has 0 radical (unpaired) electrons. The summed E-state index contributed by atoms with van der Waals surface area (Å²) in [7, 11) is 1.56. The van der Waals surface area contributed by atoms with E-state index in [9.17, 15) is 0 Å². The van der Waals surface area contributed by atoms with E-state index in [1.807, 2.05) is 6.07 Å². The van der Waals surface area contributed by atoms with Crippen LogP contribution in [-0.4, -0.2) is 13.3 Å². The van der Waals surface area contributed by atoms with Gasteiger partial charge in [-0.05, 0) is 30.3 Å². The summed E-state index contributed by atoms with van der Waals surface area (Å²) in [5, 5.41) is 5.73. The van der Waals surface area contributed by atoms with Gasteiger partial charge in [-0.1, -0.05) is 40.9 Å². The van der Waals surface area contributed by atoms with Crippen molar-refractivity contribution in [3.05, 3.63) is 57.0 Å². The van der Waals surface area contributed by atoms with Crippen LogP contribution >= 0.6 is 34.8 Å². The van der Waals surface area contributed by atoms with Gasteiger partial charge in [0, 0.05) is 10.6 Å². The number of rotatable bonds is 4. The van der Waals surface area contributed by atoms with E-state index in [1.165, 1.54) is 0 Å². The Labute approximate surface area is 132 Å². The highest BCUT2D eigenvalue weighted by atomic mass is 35.5. The Bertz CT molecular complexity index is 644. The lowest BCUT2D eigenvalue weighted by atomic mass is 10.2. The maximum atomic E-state index is 6.03. The van der Waals surface area contributed by atoms with Crippen LogP contribution in [0.25, 0.3) is 0 Å². The maximum absolute atomic E-state index is 6.03. The van der Waals surface area contributed by atoms with Crippen LogP contribution in [0, 0.1) is 0 Å². The SMILES string of the molecule is COc1ccc(N/N=C/c2ccc(Cl)cc2Cl)cc1Cl. The van der Waals surface area contributed by atoms with Gasteiger partial charge in [-0.15, -0.1) is 0 Å². The molecule has 0 spiro atoms. The molecule has 2 aromatic rings. The third-order valence-corrected chi connectivity index (χ3v) is 3.37. The van der Waals surface area contributed by atoms with Crippen LogP contribution in [0.2, 0.25) is 15.1 Å². The minimum absolute atomic E-state index is 0.511. The molecule has 6 heteroatoms. The van der Waals surface area contributed by atoms with E-state index in [1.54, 1.807) is 43.7 Å². The van der Waals surface area contributed by atoms with Gasteiger partial charge in [-0.2, -0.15) is 5.10 Å². The van der Waals surface area contributed by atoms with Crippen molar-refractivity contribution in [2.75, 3.05) is 12.5 Å². The summed E-state index contributed by atoms with van der Waals surface area (Å²) >= 11 is 17.9. The summed E-state index contributed by atoms with van der Waals surface area (Å²) in [6.07, 6.45) is 1.61. The van der Waals surface area contributed by atoms with Gasteiger partial charge < -0.3 is 4.74 Å². The van der Waals surface area contributed by atoms with Crippen LogP contribution in [0.3, 0.4) is 0 Å². The minimum Gasteiger partial charge on any atom is -0.495 e. The van der Waals surface area contributed by atoms with Gasteiger partial charge in [0.2, 0.25) is 0 Å². The molecule has 0 saturated heterocycles. The molecule has 0 fully saturated rings. The number of methoxy groups -OCH3 is 1. The van der Waals surface area contributed by atoms with Crippen LogP contribution in [0.15, 0.2) is 41.5 Å². The van der Waals surface area contributed by atoms with Gasteiger partial charge in [-0.3, -0.25) is 5.43 Å². The van der Waals surface area contributed by atoms with Crippen LogP contribution in [0.1, 0.15) is 5.56 Å². The van der Waals surface area contributed by atoms with Crippen LogP contribution < -0.4 is 10.2 Å². The largest absolute Gasteiger partial charge is 0.495 e. The van der Waals surface area contributed by atoms with Crippen molar-refractivity contribution < 1.29 is 4.74 Å². The summed E-state index contributed by atoms with van der Waals surface area (Å²) in [5.74, 6) is 0.613. The van der Waals surface area contributed by atoms with E-state index in [0.29, 0.717) is 20.8 Å². The molecule has 20 heavy (non-hydrogen) atoms. The van der Waals surface area contributed by atoms with Crippen molar-refractivity contribution in [2.45, 2.75) is 0 Å². The Morgan fingerprint density at radius 2 is 1.85 bits per heavy atom. The van der Waals surface area contributed by atoms with E-state index in [-0.39, 0.29) is 0 Å². The lowest BCUT2D eigenvalue weighted by Crippen LogP contribution is -1.92. The molecular weight excluding hydrogens is 319 g/mol. The second kappa shape index (κ2) is 6.84. The molecule has 0 saturated carbocycles.